The quantitative estimate of drug-likeness (QED) is 0.338. The monoisotopic (exact) mass is 518 g/mol. The average Bonchev–Trinajstić information content (AvgIpc) is 3.51. The number of aromatic nitrogens is 4. The molecule has 0 unspecified atom stereocenters. The van der Waals surface area contributed by atoms with E-state index < -0.39 is 19.7 Å². The molecule has 0 saturated heterocycles. The lowest BCUT2D eigenvalue weighted by atomic mass is 10.0. The summed E-state index contributed by atoms with van der Waals surface area (Å²) in [5.74, 6) is 0. The smallest absolute Gasteiger partial charge is 0.179 e. The van der Waals surface area contributed by atoms with Gasteiger partial charge in [-0.25, -0.2) is 16.8 Å². The highest BCUT2D eigenvalue weighted by molar-refractivity contribution is 7.91. The Balaban J connectivity index is 1.69. The van der Waals surface area contributed by atoms with Crippen LogP contribution in [0.1, 0.15) is 0 Å². The SMILES string of the molecule is CS(=O)(=O)c1c(-c2cccc(-c3n[nH]c(-c4ccccc4)c3S(C)(=O)=O)c2)n[nH]c1-c1ccccc1. The van der Waals surface area contributed by atoms with Gasteiger partial charge in [-0.2, -0.15) is 10.2 Å². The standard InChI is InChI=1S/C26H22N4O4S2/c1-35(31,32)25-21(17-10-5-3-6-11-17)27-29-23(25)19-14-9-15-20(16-19)24-26(36(2,33)34)22(28-30-24)18-12-7-4-8-13-18/h3-16H,1-2H3,(H,27,29)(H,28,30). The van der Waals surface area contributed by atoms with Gasteiger partial charge in [0.15, 0.2) is 19.7 Å². The van der Waals surface area contributed by atoms with E-state index in [4.69, 9.17) is 0 Å². The van der Waals surface area contributed by atoms with E-state index in [0.29, 0.717) is 33.6 Å². The maximum atomic E-state index is 12.8. The predicted molar refractivity (Wildman–Crippen MR) is 139 cm³/mol. The van der Waals surface area contributed by atoms with Gasteiger partial charge in [0.25, 0.3) is 0 Å². The Labute approximate surface area is 208 Å². The van der Waals surface area contributed by atoms with Crippen molar-refractivity contribution in [1.29, 1.82) is 0 Å². The van der Waals surface area contributed by atoms with Gasteiger partial charge in [-0.15, -0.1) is 0 Å². The van der Waals surface area contributed by atoms with E-state index in [1.807, 2.05) is 36.4 Å². The van der Waals surface area contributed by atoms with Crippen LogP contribution in [0.5, 0.6) is 0 Å². The Morgan fingerprint density at radius 3 is 1.25 bits per heavy atom. The van der Waals surface area contributed by atoms with E-state index in [1.165, 1.54) is 0 Å². The number of nitrogens with zero attached hydrogens (tertiary/aromatic N) is 2. The predicted octanol–water partition coefficient (Wildman–Crippen LogP) is 4.61. The zero-order valence-electron chi connectivity index (χ0n) is 19.4. The molecule has 0 radical (unpaired) electrons. The van der Waals surface area contributed by atoms with Gasteiger partial charge in [-0.1, -0.05) is 78.9 Å². The zero-order chi connectivity index (χ0) is 25.5. The van der Waals surface area contributed by atoms with Crippen LogP contribution in [0.3, 0.4) is 0 Å². The van der Waals surface area contributed by atoms with Crippen LogP contribution in [-0.2, 0) is 19.7 Å². The Kier molecular flexibility index (Phi) is 5.85. The van der Waals surface area contributed by atoms with Crippen molar-refractivity contribution in [3.63, 3.8) is 0 Å². The molecular weight excluding hydrogens is 496 g/mol. The summed E-state index contributed by atoms with van der Waals surface area (Å²) >= 11 is 0. The van der Waals surface area contributed by atoms with Crippen molar-refractivity contribution in [2.24, 2.45) is 0 Å². The topological polar surface area (TPSA) is 126 Å². The molecule has 0 aliphatic rings. The average molecular weight is 519 g/mol. The number of aromatic amines is 2. The molecule has 2 N–H and O–H groups in total. The molecule has 0 fully saturated rings. The summed E-state index contributed by atoms with van der Waals surface area (Å²) in [7, 11) is -7.34. The number of hydrogen-bond donors (Lipinski definition) is 2. The minimum Gasteiger partial charge on any atom is -0.276 e. The second kappa shape index (κ2) is 8.89. The molecule has 0 atom stereocenters. The van der Waals surface area contributed by atoms with E-state index in [2.05, 4.69) is 20.4 Å². The van der Waals surface area contributed by atoms with Crippen LogP contribution in [0.2, 0.25) is 0 Å². The molecule has 0 bridgehead atoms. The highest BCUT2D eigenvalue weighted by Gasteiger charge is 2.27. The highest BCUT2D eigenvalue weighted by Crippen LogP contribution is 2.38. The van der Waals surface area contributed by atoms with Crippen molar-refractivity contribution in [3.8, 4) is 45.0 Å². The van der Waals surface area contributed by atoms with Crippen molar-refractivity contribution in [2.75, 3.05) is 12.5 Å². The molecule has 0 saturated carbocycles. The second-order valence-corrected chi connectivity index (χ2v) is 12.3. The van der Waals surface area contributed by atoms with Gasteiger partial charge in [0.1, 0.15) is 21.2 Å². The van der Waals surface area contributed by atoms with Crippen molar-refractivity contribution in [1.82, 2.24) is 20.4 Å². The molecule has 0 aliphatic carbocycles. The first-order valence-electron chi connectivity index (χ1n) is 10.9. The minimum atomic E-state index is -3.67. The Bertz CT molecular complexity index is 1650. The van der Waals surface area contributed by atoms with Crippen LogP contribution in [0.25, 0.3) is 45.0 Å². The summed E-state index contributed by atoms with van der Waals surface area (Å²) in [6.45, 7) is 0. The molecule has 8 nitrogen and oxygen atoms in total. The van der Waals surface area contributed by atoms with Crippen LogP contribution in [0, 0.1) is 0 Å². The first-order valence-corrected chi connectivity index (χ1v) is 14.7. The van der Waals surface area contributed by atoms with Gasteiger partial charge < -0.3 is 0 Å². The molecule has 10 heteroatoms. The normalized spacial score (nSPS) is 12.1. The molecule has 36 heavy (non-hydrogen) atoms. The van der Waals surface area contributed by atoms with Gasteiger partial charge in [0, 0.05) is 34.8 Å². The molecule has 2 heterocycles. The summed E-state index contributed by atoms with van der Waals surface area (Å²) in [5, 5.41) is 14.4. The van der Waals surface area contributed by atoms with Crippen molar-refractivity contribution >= 4 is 19.7 Å². The molecular formula is C26H22N4O4S2. The lowest BCUT2D eigenvalue weighted by molar-refractivity contribution is 0.600. The number of hydrogen-bond acceptors (Lipinski definition) is 6. The van der Waals surface area contributed by atoms with Gasteiger partial charge in [-0.3, -0.25) is 10.2 Å². The van der Waals surface area contributed by atoms with E-state index in [1.54, 1.807) is 48.5 Å². The lowest BCUT2D eigenvalue weighted by Gasteiger charge is -2.07. The molecule has 0 amide bonds. The number of rotatable bonds is 6. The minimum absolute atomic E-state index is 0.0705. The maximum absolute atomic E-state index is 12.8. The molecule has 0 aliphatic heterocycles. The third-order valence-corrected chi connectivity index (χ3v) is 8.00. The highest BCUT2D eigenvalue weighted by atomic mass is 32.2. The van der Waals surface area contributed by atoms with Gasteiger partial charge in [0.2, 0.25) is 0 Å². The second-order valence-electron chi connectivity index (χ2n) is 8.41. The van der Waals surface area contributed by atoms with Crippen LogP contribution >= 0.6 is 0 Å². The van der Waals surface area contributed by atoms with Crippen molar-refractivity contribution < 1.29 is 16.8 Å². The maximum Gasteiger partial charge on any atom is 0.179 e. The third kappa shape index (κ3) is 4.36. The third-order valence-electron chi connectivity index (χ3n) is 5.72. The largest absolute Gasteiger partial charge is 0.276 e. The summed E-state index contributed by atoms with van der Waals surface area (Å²) in [6.07, 6.45) is 2.28. The van der Waals surface area contributed by atoms with Gasteiger partial charge in [-0.05, 0) is 6.07 Å². The van der Waals surface area contributed by atoms with Gasteiger partial charge in [0.05, 0.1) is 11.4 Å². The Morgan fingerprint density at radius 1 is 0.528 bits per heavy atom. The number of sulfone groups is 2. The number of benzene rings is 3. The summed E-state index contributed by atoms with van der Waals surface area (Å²) in [6, 6.07) is 25.0. The van der Waals surface area contributed by atoms with Crippen molar-refractivity contribution in [2.45, 2.75) is 9.79 Å². The first-order chi connectivity index (χ1) is 17.1. The van der Waals surface area contributed by atoms with Crippen LogP contribution in [0.4, 0.5) is 0 Å². The van der Waals surface area contributed by atoms with E-state index in [0.717, 1.165) is 12.5 Å². The number of nitrogens with one attached hydrogen (secondary N) is 2. The first kappa shape index (κ1) is 23.7. The van der Waals surface area contributed by atoms with Crippen molar-refractivity contribution in [3.05, 3.63) is 84.9 Å². The Morgan fingerprint density at radius 2 is 0.889 bits per heavy atom. The summed E-state index contributed by atoms with van der Waals surface area (Å²) in [5.41, 5.74) is 3.67. The lowest BCUT2D eigenvalue weighted by Crippen LogP contribution is -2.01. The van der Waals surface area contributed by atoms with E-state index >= 15 is 0 Å². The van der Waals surface area contributed by atoms with E-state index in [-0.39, 0.29) is 21.2 Å². The fourth-order valence-corrected chi connectivity index (χ4v) is 6.29. The fraction of sp³-hybridized carbons (Fsp3) is 0.0769. The molecule has 3 aromatic carbocycles. The summed E-state index contributed by atoms with van der Waals surface area (Å²) < 4.78 is 51.3. The molecule has 0 spiro atoms. The molecule has 5 rings (SSSR count). The summed E-state index contributed by atoms with van der Waals surface area (Å²) in [4.78, 5) is 0.141. The van der Waals surface area contributed by atoms with Crippen LogP contribution < -0.4 is 0 Å². The van der Waals surface area contributed by atoms with Crippen LogP contribution in [-0.4, -0.2) is 49.7 Å². The fourth-order valence-electron chi connectivity index (χ4n) is 4.19. The van der Waals surface area contributed by atoms with Gasteiger partial charge >= 0.3 is 0 Å². The van der Waals surface area contributed by atoms with Crippen LogP contribution in [0.15, 0.2) is 94.7 Å². The van der Waals surface area contributed by atoms with E-state index in [9.17, 15) is 16.8 Å². The Hall–Kier alpha value is -4.02. The zero-order valence-corrected chi connectivity index (χ0v) is 21.1. The molecule has 182 valence electrons. The molecule has 2 aromatic heterocycles. The number of H-pyrrole nitrogens is 2. The molecule has 5 aromatic rings.